The molecule has 0 aromatic rings. The summed E-state index contributed by atoms with van der Waals surface area (Å²) in [6.07, 6.45) is 8.15. The van der Waals surface area contributed by atoms with Gasteiger partial charge >= 0.3 is 34.2 Å². The topological polar surface area (TPSA) is 75.3 Å². The molecular formula is C27H59NO6Si6. The van der Waals surface area contributed by atoms with E-state index in [1.165, 1.54) is 0 Å². The SMILES string of the molecule is C=CCC(CC=C)(CC=C)C(=O)NCCC[Si](C)(C)O[Si](C)(C)CC[Si]1(C)O[Si](C)(C)O[Si](C)(C)O[Si](C)(C)O1. The van der Waals surface area contributed by atoms with Gasteiger partial charge < -0.3 is 25.9 Å². The van der Waals surface area contributed by atoms with Gasteiger partial charge in [-0.3, -0.25) is 4.79 Å². The summed E-state index contributed by atoms with van der Waals surface area (Å²) in [5.41, 5.74) is -0.548. The van der Waals surface area contributed by atoms with Crippen molar-refractivity contribution in [1.82, 2.24) is 5.32 Å². The van der Waals surface area contributed by atoms with Crippen molar-refractivity contribution in [2.24, 2.45) is 5.41 Å². The third kappa shape index (κ3) is 13.0. The molecule has 1 N–H and O–H groups in total. The smallest absolute Gasteiger partial charge is 0.317 e. The maximum absolute atomic E-state index is 13.1. The summed E-state index contributed by atoms with van der Waals surface area (Å²) < 4.78 is 33.5. The molecule has 1 fully saturated rings. The molecule has 0 bridgehead atoms. The molecule has 40 heavy (non-hydrogen) atoms. The zero-order valence-corrected chi connectivity index (χ0v) is 33.5. The first-order chi connectivity index (χ1) is 18.1. The molecule has 1 amide bonds. The van der Waals surface area contributed by atoms with Crippen molar-refractivity contribution >= 4 is 56.8 Å². The van der Waals surface area contributed by atoms with Crippen molar-refractivity contribution in [1.29, 1.82) is 0 Å². The zero-order valence-electron chi connectivity index (χ0n) is 27.5. The monoisotopic (exact) mass is 661 g/mol. The number of allylic oxidation sites excluding steroid dienone is 3. The van der Waals surface area contributed by atoms with Gasteiger partial charge in [-0.25, -0.2) is 0 Å². The van der Waals surface area contributed by atoms with Crippen LogP contribution in [0.15, 0.2) is 38.0 Å². The Balaban J connectivity index is 2.76. The molecule has 0 aromatic carbocycles. The highest BCUT2D eigenvalue weighted by atomic mass is 28.5. The second-order valence-corrected chi connectivity index (χ2v) is 37.3. The number of carbonyl (C=O) groups excluding carboxylic acids is 1. The van der Waals surface area contributed by atoms with Crippen LogP contribution in [0, 0.1) is 5.41 Å². The molecule has 1 saturated heterocycles. The van der Waals surface area contributed by atoms with Crippen LogP contribution in [0.1, 0.15) is 25.7 Å². The van der Waals surface area contributed by atoms with Gasteiger partial charge in [0.05, 0.1) is 5.41 Å². The van der Waals surface area contributed by atoms with Crippen LogP contribution in [0.4, 0.5) is 0 Å². The van der Waals surface area contributed by atoms with E-state index >= 15 is 0 Å². The molecule has 0 unspecified atom stereocenters. The Morgan fingerprint density at radius 1 is 0.750 bits per heavy atom. The lowest BCUT2D eigenvalue weighted by atomic mass is 9.77. The van der Waals surface area contributed by atoms with Gasteiger partial charge in [0.25, 0.3) is 0 Å². The Kier molecular flexibility index (Phi) is 13.7. The normalized spacial score (nSPS) is 20.6. The summed E-state index contributed by atoms with van der Waals surface area (Å²) in [6, 6.07) is 2.85. The van der Waals surface area contributed by atoms with E-state index in [-0.39, 0.29) is 5.91 Å². The van der Waals surface area contributed by atoms with Gasteiger partial charge in [0.1, 0.15) is 0 Å². The quantitative estimate of drug-likeness (QED) is 0.103. The Morgan fingerprint density at radius 3 is 1.57 bits per heavy atom. The zero-order chi connectivity index (χ0) is 31.1. The molecule has 0 atom stereocenters. The van der Waals surface area contributed by atoms with Crippen LogP contribution in [0.2, 0.25) is 90.1 Å². The van der Waals surface area contributed by atoms with Crippen molar-refractivity contribution < 1.29 is 25.4 Å². The largest absolute Gasteiger partial charge is 0.456 e. The van der Waals surface area contributed by atoms with E-state index in [9.17, 15) is 4.79 Å². The predicted octanol–water partition coefficient (Wildman–Crippen LogP) is 7.89. The van der Waals surface area contributed by atoms with E-state index in [2.05, 4.69) is 97.1 Å². The van der Waals surface area contributed by atoms with Gasteiger partial charge in [-0.05, 0) is 116 Å². The van der Waals surface area contributed by atoms with Gasteiger partial charge in [0.15, 0.2) is 16.6 Å². The van der Waals surface area contributed by atoms with E-state index in [1.54, 1.807) is 0 Å². The van der Waals surface area contributed by atoms with Gasteiger partial charge in [-0.15, -0.1) is 19.7 Å². The molecule has 0 radical (unpaired) electrons. The third-order valence-corrected chi connectivity index (χ3v) is 31.3. The highest BCUT2D eigenvalue weighted by molar-refractivity contribution is 6.93. The van der Waals surface area contributed by atoms with E-state index in [0.29, 0.717) is 25.8 Å². The van der Waals surface area contributed by atoms with Crippen molar-refractivity contribution in [2.75, 3.05) is 6.54 Å². The minimum absolute atomic E-state index is 0.0525. The van der Waals surface area contributed by atoms with E-state index in [0.717, 1.165) is 24.6 Å². The van der Waals surface area contributed by atoms with Crippen molar-refractivity contribution in [3.63, 3.8) is 0 Å². The fraction of sp³-hybridized carbons (Fsp3) is 0.741. The summed E-state index contributed by atoms with van der Waals surface area (Å²) in [5, 5.41) is 3.17. The lowest BCUT2D eigenvalue weighted by Crippen LogP contribution is -2.65. The first-order valence-corrected chi connectivity index (χ1v) is 31.9. The Bertz CT molecular complexity index is 844. The molecular weight excluding hydrogens is 603 g/mol. The van der Waals surface area contributed by atoms with Crippen LogP contribution >= 0.6 is 0 Å². The number of carbonyl (C=O) groups is 1. The fourth-order valence-electron chi connectivity index (χ4n) is 6.05. The van der Waals surface area contributed by atoms with Gasteiger partial charge in [0, 0.05) is 6.54 Å². The lowest BCUT2D eigenvalue weighted by molar-refractivity contribution is -0.130. The maximum Gasteiger partial charge on any atom is 0.317 e. The molecule has 232 valence electrons. The summed E-state index contributed by atoms with van der Waals surface area (Å²) in [6.45, 7) is 36.3. The van der Waals surface area contributed by atoms with Gasteiger partial charge in [0.2, 0.25) is 5.91 Å². The highest BCUT2D eigenvalue weighted by Gasteiger charge is 2.53. The first-order valence-electron chi connectivity index (χ1n) is 14.7. The average Bonchev–Trinajstić information content (AvgIpc) is 2.71. The maximum atomic E-state index is 13.1. The van der Waals surface area contributed by atoms with Crippen LogP contribution in [0.3, 0.4) is 0 Å². The highest BCUT2D eigenvalue weighted by Crippen LogP contribution is 2.36. The third-order valence-electron chi connectivity index (χ3n) is 6.97. The fourth-order valence-corrected chi connectivity index (χ4v) is 38.9. The molecule has 1 heterocycles. The molecule has 0 spiro atoms. The van der Waals surface area contributed by atoms with Crippen molar-refractivity contribution in [2.45, 2.75) is 116 Å². The second-order valence-electron chi connectivity index (χ2n) is 14.0. The Morgan fingerprint density at radius 2 is 1.15 bits per heavy atom. The Hall–Kier alpha value is -0.209. The average molecular weight is 662 g/mol. The standard InChI is InChI=1S/C27H59NO6Si6/c1-15-19-27(20-16-2,21-17-3)26(29)28-22-18-23-35(4,5)30-36(6,7)24-25-40(14)33-38(10,11)31-37(8,9)32-39(12,13)34-40/h15-17H,1-3,18-25H2,4-14H3,(H,28,29). The van der Waals surface area contributed by atoms with Gasteiger partial charge in [-0.2, -0.15) is 0 Å². The first kappa shape index (κ1) is 37.8. The number of hydrogen-bond donors (Lipinski definition) is 1. The molecule has 13 heteroatoms. The van der Waals surface area contributed by atoms with Crippen molar-refractivity contribution in [3.05, 3.63) is 38.0 Å². The second kappa shape index (κ2) is 14.5. The number of hydrogen-bond acceptors (Lipinski definition) is 6. The Labute approximate surface area is 252 Å². The van der Waals surface area contributed by atoms with E-state index < -0.39 is 56.3 Å². The number of amides is 1. The lowest BCUT2D eigenvalue weighted by Gasteiger charge is -2.48. The van der Waals surface area contributed by atoms with Crippen LogP contribution in [-0.2, 0) is 25.4 Å². The van der Waals surface area contributed by atoms with Crippen LogP contribution in [0.5, 0.6) is 0 Å². The van der Waals surface area contributed by atoms with Crippen LogP contribution in [0.25, 0.3) is 0 Å². The summed E-state index contributed by atoms with van der Waals surface area (Å²) in [5.74, 6) is 0.0525. The minimum Gasteiger partial charge on any atom is -0.456 e. The number of nitrogens with one attached hydrogen (secondary N) is 1. The minimum atomic E-state index is -2.52. The molecule has 1 rings (SSSR count). The molecule has 0 aliphatic carbocycles. The molecule has 7 nitrogen and oxygen atoms in total. The van der Waals surface area contributed by atoms with Crippen molar-refractivity contribution in [3.8, 4) is 0 Å². The van der Waals surface area contributed by atoms with E-state index in [1.807, 2.05) is 18.2 Å². The predicted molar refractivity (Wildman–Crippen MR) is 183 cm³/mol. The molecule has 0 saturated carbocycles. The molecule has 1 aliphatic rings. The number of rotatable bonds is 16. The summed E-state index contributed by atoms with van der Waals surface area (Å²) >= 11 is 0. The summed E-state index contributed by atoms with van der Waals surface area (Å²) in [7, 11) is -13.5. The molecule has 0 aromatic heterocycles. The summed E-state index contributed by atoms with van der Waals surface area (Å²) in [4.78, 5) is 13.1. The van der Waals surface area contributed by atoms with Crippen LogP contribution in [-0.4, -0.2) is 63.3 Å². The van der Waals surface area contributed by atoms with Gasteiger partial charge in [-0.1, -0.05) is 18.2 Å². The van der Waals surface area contributed by atoms with Crippen LogP contribution < -0.4 is 5.32 Å². The van der Waals surface area contributed by atoms with E-state index in [4.69, 9.17) is 20.6 Å². The molecule has 1 aliphatic heterocycles.